The van der Waals surface area contributed by atoms with Gasteiger partial charge in [0.05, 0.1) is 28.4 Å². The van der Waals surface area contributed by atoms with Gasteiger partial charge in [-0.3, -0.25) is 4.79 Å². The fraction of sp³-hybridized carbons (Fsp3) is 0.526. The van der Waals surface area contributed by atoms with Crippen LogP contribution in [0.5, 0.6) is 0 Å². The van der Waals surface area contributed by atoms with Crippen molar-refractivity contribution in [2.45, 2.75) is 56.0 Å². The van der Waals surface area contributed by atoms with Crippen molar-refractivity contribution in [3.63, 3.8) is 0 Å². The van der Waals surface area contributed by atoms with Crippen LogP contribution in [0.3, 0.4) is 0 Å². The van der Waals surface area contributed by atoms with E-state index in [1.807, 2.05) is 35.8 Å². The van der Waals surface area contributed by atoms with Crippen LogP contribution in [0.4, 0.5) is 0 Å². The molecule has 2 aromatic rings. The molecule has 4 rings (SSSR count). The van der Waals surface area contributed by atoms with E-state index in [4.69, 9.17) is 0 Å². The van der Waals surface area contributed by atoms with Crippen LogP contribution in [0, 0.1) is 5.92 Å². The zero-order valence-corrected chi connectivity index (χ0v) is 20.4. The van der Waals surface area contributed by atoms with E-state index in [0.717, 1.165) is 17.5 Å². The molecule has 2 saturated heterocycles. The largest absolute Gasteiger partial charge is 1.00 e. The van der Waals surface area contributed by atoms with Crippen LogP contribution in [0.2, 0.25) is 0 Å². The predicted octanol–water partition coefficient (Wildman–Crippen LogP) is -2.09. The normalized spacial score (nSPS) is 26.5. The van der Waals surface area contributed by atoms with Crippen molar-refractivity contribution in [1.29, 1.82) is 0 Å². The molecule has 1 amide bonds. The number of aliphatic carboxylic acids is 1. The number of carboxylic acid groups (broad SMARTS) is 1. The van der Waals surface area contributed by atoms with E-state index in [-0.39, 0.29) is 62.7 Å². The van der Waals surface area contributed by atoms with Gasteiger partial charge in [0.2, 0.25) is 5.91 Å². The number of aryl methyl sites for hydroxylation is 1. The predicted molar refractivity (Wildman–Crippen MR) is 99.6 cm³/mol. The van der Waals surface area contributed by atoms with Crippen molar-refractivity contribution >= 4 is 34.7 Å². The third-order valence-corrected chi connectivity index (χ3v) is 7.03. The van der Waals surface area contributed by atoms with E-state index in [1.165, 1.54) is 16.7 Å². The number of benzene rings is 1. The SMILES string of the molecule is CCCn1c([C@@H](O)[C@@H]2C(=O)N3[C@@H]2SC(C)(C)[C@@H]3C(=O)[O-])nc2ccccc21.[K+]. The number of para-hydroxylation sites is 2. The van der Waals surface area contributed by atoms with Crippen LogP contribution in [-0.4, -0.2) is 47.6 Å². The summed E-state index contributed by atoms with van der Waals surface area (Å²) >= 11 is 1.40. The number of imidazole rings is 1. The Morgan fingerprint density at radius 3 is 2.71 bits per heavy atom. The third-order valence-electron chi connectivity index (χ3n) is 5.44. The number of fused-ring (bicyclic) bond motifs is 2. The molecule has 28 heavy (non-hydrogen) atoms. The van der Waals surface area contributed by atoms with Gasteiger partial charge in [0, 0.05) is 11.3 Å². The summed E-state index contributed by atoms with van der Waals surface area (Å²) in [6.45, 7) is 6.31. The maximum atomic E-state index is 12.8. The Balaban J connectivity index is 0.00000225. The Hall–Kier alpha value is -0.424. The summed E-state index contributed by atoms with van der Waals surface area (Å²) < 4.78 is 1.29. The van der Waals surface area contributed by atoms with E-state index in [0.29, 0.717) is 12.4 Å². The van der Waals surface area contributed by atoms with Crippen molar-refractivity contribution < 1.29 is 71.2 Å². The van der Waals surface area contributed by atoms with Crippen LogP contribution in [0.15, 0.2) is 24.3 Å². The Morgan fingerprint density at radius 1 is 1.39 bits per heavy atom. The molecular formula is C19H22KN3O4S. The maximum absolute atomic E-state index is 12.8. The van der Waals surface area contributed by atoms with Crippen molar-refractivity contribution in [1.82, 2.24) is 14.5 Å². The minimum atomic E-state index is -1.26. The molecule has 1 aromatic heterocycles. The number of amides is 1. The van der Waals surface area contributed by atoms with Crippen molar-refractivity contribution in [3.05, 3.63) is 30.1 Å². The summed E-state index contributed by atoms with van der Waals surface area (Å²) in [6, 6.07) is 6.65. The molecule has 2 aliphatic heterocycles. The summed E-state index contributed by atoms with van der Waals surface area (Å²) in [5.74, 6) is -1.85. The van der Waals surface area contributed by atoms with Crippen molar-refractivity contribution in [2.24, 2.45) is 5.92 Å². The monoisotopic (exact) mass is 427 g/mol. The first-order valence-corrected chi connectivity index (χ1v) is 10.00. The number of carbonyl (C=O) groups excluding carboxylic acids is 2. The topological polar surface area (TPSA) is 98.5 Å². The second kappa shape index (κ2) is 8.01. The Labute approximate surface area is 210 Å². The number of rotatable bonds is 5. The molecule has 144 valence electrons. The Kier molecular flexibility index (Phi) is 6.37. The Bertz CT molecular complexity index is 931. The summed E-state index contributed by atoms with van der Waals surface area (Å²) in [5.41, 5.74) is 1.69. The number of thioether (sulfide) groups is 1. The first-order valence-electron chi connectivity index (χ1n) is 9.12. The molecule has 0 bridgehead atoms. The first kappa shape index (κ1) is 22.3. The molecular weight excluding hydrogens is 405 g/mol. The molecule has 0 spiro atoms. The van der Waals surface area contributed by atoms with E-state index < -0.39 is 28.8 Å². The van der Waals surface area contributed by atoms with Gasteiger partial charge in [-0.2, -0.15) is 0 Å². The third kappa shape index (κ3) is 3.28. The molecule has 0 aliphatic carbocycles. The second-order valence-electron chi connectivity index (χ2n) is 7.66. The van der Waals surface area contributed by atoms with Gasteiger partial charge >= 0.3 is 51.4 Å². The molecule has 0 saturated carbocycles. The van der Waals surface area contributed by atoms with Gasteiger partial charge in [-0.05, 0) is 32.4 Å². The molecule has 7 nitrogen and oxygen atoms in total. The molecule has 4 atom stereocenters. The minimum Gasteiger partial charge on any atom is -0.548 e. The number of aromatic nitrogens is 2. The molecule has 1 N–H and O–H groups in total. The fourth-order valence-electron chi connectivity index (χ4n) is 4.25. The summed E-state index contributed by atoms with van der Waals surface area (Å²) in [4.78, 5) is 30.3. The van der Waals surface area contributed by atoms with Crippen LogP contribution in [-0.2, 0) is 16.1 Å². The average Bonchev–Trinajstić information content (AvgIpc) is 3.08. The van der Waals surface area contributed by atoms with Gasteiger partial charge in [-0.25, -0.2) is 4.98 Å². The molecule has 0 unspecified atom stereocenters. The van der Waals surface area contributed by atoms with Crippen LogP contribution in [0.25, 0.3) is 11.0 Å². The van der Waals surface area contributed by atoms with E-state index in [2.05, 4.69) is 4.98 Å². The van der Waals surface area contributed by atoms with Gasteiger partial charge < -0.3 is 24.5 Å². The Morgan fingerprint density at radius 2 is 2.07 bits per heavy atom. The average molecular weight is 428 g/mol. The molecule has 3 heterocycles. The number of hydrogen-bond acceptors (Lipinski definition) is 6. The van der Waals surface area contributed by atoms with Crippen LogP contribution >= 0.6 is 11.8 Å². The van der Waals surface area contributed by atoms with Gasteiger partial charge in [-0.15, -0.1) is 11.8 Å². The fourth-order valence-corrected chi connectivity index (χ4v) is 5.96. The number of carbonyl (C=O) groups is 2. The number of nitrogens with zero attached hydrogens (tertiary/aromatic N) is 3. The number of β-lactam (4-membered cyclic amide) rings is 1. The summed E-state index contributed by atoms with van der Waals surface area (Å²) in [5, 5.41) is 22.2. The number of hydrogen-bond donors (Lipinski definition) is 1. The quantitative estimate of drug-likeness (QED) is 0.434. The minimum absolute atomic E-state index is 0. The van der Waals surface area contributed by atoms with Gasteiger partial charge in [0.25, 0.3) is 0 Å². The molecule has 9 heteroatoms. The zero-order chi connectivity index (χ0) is 19.5. The maximum Gasteiger partial charge on any atom is 1.00 e. The summed E-state index contributed by atoms with van der Waals surface area (Å²) in [7, 11) is 0. The van der Waals surface area contributed by atoms with Crippen molar-refractivity contribution in [3.8, 4) is 0 Å². The standard InChI is InChI=1S/C19H23N3O4S.K/c1-4-9-21-11-8-6-5-7-10(11)20-15(21)13(23)12-16(24)22-14(18(25)26)19(2,3)27-17(12)22;/h5-8,12-14,17,23H,4,9H2,1-3H3,(H,25,26);/q;+1/p-1/t12-,13+,14+,17-;/m1./s1. The van der Waals surface area contributed by atoms with E-state index in [1.54, 1.807) is 13.8 Å². The smallest absolute Gasteiger partial charge is 0.548 e. The molecule has 0 radical (unpaired) electrons. The van der Waals surface area contributed by atoms with Gasteiger partial charge in [0.15, 0.2) is 0 Å². The number of carboxylic acids is 1. The number of aliphatic hydroxyl groups is 1. The number of aliphatic hydroxyl groups excluding tert-OH is 1. The van der Waals surface area contributed by atoms with Crippen LogP contribution in [0.1, 0.15) is 39.1 Å². The zero-order valence-electron chi connectivity index (χ0n) is 16.5. The first-order chi connectivity index (χ1) is 12.8. The summed E-state index contributed by atoms with van der Waals surface area (Å²) in [6.07, 6.45) is -0.218. The van der Waals surface area contributed by atoms with Crippen LogP contribution < -0.4 is 56.5 Å². The van der Waals surface area contributed by atoms with Crippen molar-refractivity contribution in [2.75, 3.05) is 0 Å². The van der Waals surface area contributed by atoms with Gasteiger partial charge in [0.1, 0.15) is 17.8 Å². The second-order valence-corrected chi connectivity index (χ2v) is 9.43. The van der Waals surface area contributed by atoms with E-state index in [9.17, 15) is 19.8 Å². The molecule has 1 aromatic carbocycles. The van der Waals surface area contributed by atoms with E-state index >= 15 is 0 Å². The molecule has 2 aliphatic rings. The molecule has 2 fully saturated rings. The van der Waals surface area contributed by atoms with Gasteiger partial charge in [-0.1, -0.05) is 19.1 Å².